The molecule has 0 aromatic rings. The minimum atomic E-state index is 0.113. The lowest BCUT2D eigenvalue weighted by molar-refractivity contribution is -0.139. The van der Waals surface area contributed by atoms with Crippen LogP contribution in [-0.2, 0) is 4.79 Å². The first-order chi connectivity index (χ1) is 13.0. The summed E-state index contributed by atoms with van der Waals surface area (Å²) in [4.78, 5) is 14.9. The highest BCUT2D eigenvalue weighted by Crippen LogP contribution is 2.88. The third-order valence-electron chi connectivity index (χ3n) is 11.6. The maximum absolute atomic E-state index is 12.4. The van der Waals surface area contributed by atoms with Gasteiger partial charge in [0.2, 0.25) is 0 Å². The maximum atomic E-state index is 12.4. The Kier molecular flexibility index (Phi) is 3.69. The van der Waals surface area contributed by atoms with E-state index in [0.717, 1.165) is 24.3 Å². The van der Waals surface area contributed by atoms with Gasteiger partial charge in [-0.3, -0.25) is 4.79 Å². The third kappa shape index (κ3) is 1.89. The van der Waals surface area contributed by atoms with Gasteiger partial charge < -0.3 is 4.90 Å². The van der Waals surface area contributed by atoms with Crippen molar-refractivity contribution in [3.8, 4) is 0 Å². The van der Waals surface area contributed by atoms with E-state index in [1.54, 1.807) is 6.92 Å². The number of fused-ring (bicyclic) bond motifs is 2. The van der Waals surface area contributed by atoms with Crippen molar-refractivity contribution in [1.29, 1.82) is 0 Å². The molecule has 5 rings (SSSR count). The summed E-state index contributed by atoms with van der Waals surface area (Å²) in [6, 6.07) is 0.722. The van der Waals surface area contributed by atoms with Gasteiger partial charge in [-0.25, -0.2) is 0 Å². The number of hydrogen-bond donors (Lipinski definition) is 0. The molecule has 0 saturated heterocycles. The van der Waals surface area contributed by atoms with Gasteiger partial charge in [0.05, 0.1) is 0 Å². The third-order valence-corrected chi connectivity index (χ3v) is 11.6. The van der Waals surface area contributed by atoms with Crippen LogP contribution in [0.3, 0.4) is 0 Å². The molecule has 5 aliphatic carbocycles. The second kappa shape index (κ2) is 5.34. The van der Waals surface area contributed by atoms with E-state index in [2.05, 4.69) is 52.8 Å². The molecule has 0 amide bonds. The molecule has 4 fully saturated rings. The van der Waals surface area contributed by atoms with Crippen LogP contribution in [0.5, 0.6) is 0 Å². The number of allylic oxidation sites excluding steroid dienone is 2. The Morgan fingerprint density at radius 3 is 2.25 bits per heavy atom. The van der Waals surface area contributed by atoms with E-state index in [4.69, 9.17) is 0 Å². The number of Topliss-reactive ketones (excluding diaryl/α,β-unsaturated/α-hetero) is 1. The van der Waals surface area contributed by atoms with Crippen LogP contribution in [0.2, 0.25) is 0 Å². The highest BCUT2D eigenvalue weighted by Gasteiger charge is 2.81. The first-order valence-corrected chi connectivity index (χ1v) is 11.8. The molecule has 2 spiro atoms. The van der Waals surface area contributed by atoms with Gasteiger partial charge >= 0.3 is 0 Å². The Balaban J connectivity index is 1.52. The molecule has 156 valence electrons. The molecular formula is C26H41NO. The van der Waals surface area contributed by atoms with Crippen LogP contribution < -0.4 is 0 Å². The second-order valence-corrected chi connectivity index (χ2v) is 12.6. The van der Waals surface area contributed by atoms with Crippen molar-refractivity contribution in [3.05, 3.63) is 11.6 Å². The molecule has 0 heterocycles. The average molecular weight is 384 g/mol. The molecule has 0 aromatic carbocycles. The molecule has 7 atom stereocenters. The lowest BCUT2D eigenvalue weighted by Crippen LogP contribution is -2.59. The van der Waals surface area contributed by atoms with Gasteiger partial charge in [0.1, 0.15) is 0 Å². The molecule has 0 unspecified atom stereocenters. The minimum Gasteiger partial charge on any atom is -0.306 e. The van der Waals surface area contributed by atoms with Gasteiger partial charge in [0, 0.05) is 11.5 Å². The fourth-order valence-electron chi connectivity index (χ4n) is 10.3. The molecule has 0 aromatic heterocycles. The van der Waals surface area contributed by atoms with Crippen molar-refractivity contribution in [2.24, 2.45) is 38.9 Å². The van der Waals surface area contributed by atoms with Gasteiger partial charge in [-0.05, 0) is 111 Å². The summed E-state index contributed by atoms with van der Waals surface area (Å²) in [5.41, 5.74) is 3.17. The van der Waals surface area contributed by atoms with Crippen LogP contribution in [0.1, 0.15) is 86.0 Å². The van der Waals surface area contributed by atoms with Crippen molar-refractivity contribution in [3.63, 3.8) is 0 Å². The molecule has 0 aliphatic heterocycles. The van der Waals surface area contributed by atoms with Crippen molar-refractivity contribution in [2.45, 2.75) is 92.0 Å². The first-order valence-electron chi connectivity index (χ1n) is 11.8. The van der Waals surface area contributed by atoms with Crippen LogP contribution in [0, 0.1) is 38.9 Å². The fourth-order valence-corrected chi connectivity index (χ4v) is 10.3. The fraction of sp³-hybridized carbons (Fsp3) is 0.885. The van der Waals surface area contributed by atoms with Crippen molar-refractivity contribution >= 4 is 5.78 Å². The predicted molar refractivity (Wildman–Crippen MR) is 115 cm³/mol. The van der Waals surface area contributed by atoms with E-state index in [1.165, 1.54) is 50.5 Å². The Morgan fingerprint density at radius 2 is 1.61 bits per heavy atom. The lowest BCUT2D eigenvalue weighted by Gasteiger charge is -2.63. The summed E-state index contributed by atoms with van der Waals surface area (Å²) in [7, 11) is 4.58. The number of nitrogens with zero attached hydrogens (tertiary/aromatic N) is 1. The van der Waals surface area contributed by atoms with Gasteiger partial charge in [-0.2, -0.15) is 0 Å². The Hall–Kier alpha value is -0.630. The quantitative estimate of drug-likeness (QED) is 0.595. The maximum Gasteiger partial charge on any atom is 0.156 e. The molecule has 0 N–H and O–H groups in total. The van der Waals surface area contributed by atoms with Crippen LogP contribution >= 0.6 is 0 Å². The smallest absolute Gasteiger partial charge is 0.156 e. The minimum absolute atomic E-state index is 0.113. The van der Waals surface area contributed by atoms with E-state index in [1.807, 2.05) is 0 Å². The number of rotatable bonds is 2. The van der Waals surface area contributed by atoms with Crippen LogP contribution in [0.15, 0.2) is 11.6 Å². The van der Waals surface area contributed by atoms with E-state index >= 15 is 0 Å². The zero-order chi connectivity index (χ0) is 20.3. The SMILES string of the molecule is CC(=O)C1=CC[C@@]2(C)[C@@H]3CC[C@H]4C(C)(C)[C@@H](N(C)C)CC[C@@]45C[C@@]35CC[C@]12C. The summed E-state index contributed by atoms with van der Waals surface area (Å²) in [5.74, 6) is 2.02. The number of hydrogen-bond acceptors (Lipinski definition) is 2. The number of ketones is 1. The zero-order valence-corrected chi connectivity index (χ0v) is 19.3. The molecule has 2 heteroatoms. The van der Waals surface area contributed by atoms with Gasteiger partial charge in [0.15, 0.2) is 5.78 Å². The van der Waals surface area contributed by atoms with E-state index in [9.17, 15) is 4.79 Å². The average Bonchev–Trinajstić information content (AvgIpc) is 3.16. The first kappa shape index (κ1) is 19.3. The summed E-state index contributed by atoms with van der Waals surface area (Å²) in [6.07, 6.45) is 13.2. The van der Waals surface area contributed by atoms with Gasteiger partial charge in [-0.1, -0.05) is 33.8 Å². The predicted octanol–water partition coefficient (Wildman–Crippen LogP) is 5.86. The number of carbonyl (C=O) groups excluding carboxylic acids is 1. The summed E-state index contributed by atoms with van der Waals surface area (Å²) in [6.45, 7) is 12.0. The molecule has 28 heavy (non-hydrogen) atoms. The Labute approximate surface area is 172 Å². The molecular weight excluding hydrogens is 342 g/mol. The highest BCUT2D eigenvalue weighted by atomic mass is 16.1. The normalized spacial score (nSPS) is 53.6. The highest BCUT2D eigenvalue weighted by molar-refractivity contribution is 5.95. The van der Waals surface area contributed by atoms with Crippen LogP contribution in [-0.4, -0.2) is 30.8 Å². The van der Waals surface area contributed by atoms with E-state index in [0.29, 0.717) is 27.4 Å². The summed E-state index contributed by atoms with van der Waals surface area (Å²) in [5, 5.41) is 0. The topological polar surface area (TPSA) is 20.3 Å². The van der Waals surface area contributed by atoms with E-state index in [-0.39, 0.29) is 5.41 Å². The van der Waals surface area contributed by atoms with Crippen LogP contribution in [0.4, 0.5) is 0 Å². The monoisotopic (exact) mass is 383 g/mol. The van der Waals surface area contributed by atoms with E-state index < -0.39 is 0 Å². The molecule has 5 aliphatic rings. The van der Waals surface area contributed by atoms with Crippen molar-refractivity contribution < 1.29 is 4.79 Å². The summed E-state index contributed by atoms with van der Waals surface area (Å²) < 4.78 is 0. The van der Waals surface area contributed by atoms with Crippen LogP contribution in [0.25, 0.3) is 0 Å². The van der Waals surface area contributed by atoms with Gasteiger partial charge in [-0.15, -0.1) is 0 Å². The standard InChI is InChI=1S/C26H41NO/c1-17(28)18-10-12-24(5)20-9-8-19-22(2,3)21(27(6)7)11-13-25(19)16-26(20,25)15-14-23(18,24)4/h10,19-21H,8-9,11-16H2,1-7H3/t19-,20-,21-,23+,24-,25+,26-/m0/s1. The zero-order valence-electron chi connectivity index (χ0n) is 19.3. The Morgan fingerprint density at radius 1 is 0.964 bits per heavy atom. The molecule has 2 nitrogen and oxygen atoms in total. The molecule has 0 bridgehead atoms. The number of carbonyl (C=O) groups is 1. The lowest BCUT2D eigenvalue weighted by atomic mass is 9.42. The molecule has 0 radical (unpaired) electrons. The largest absolute Gasteiger partial charge is 0.306 e. The van der Waals surface area contributed by atoms with Gasteiger partial charge in [0.25, 0.3) is 0 Å². The molecule has 4 saturated carbocycles. The Bertz CT molecular complexity index is 764. The second-order valence-electron chi connectivity index (χ2n) is 12.6. The van der Waals surface area contributed by atoms with Crippen molar-refractivity contribution in [2.75, 3.05) is 14.1 Å². The summed E-state index contributed by atoms with van der Waals surface area (Å²) >= 11 is 0. The van der Waals surface area contributed by atoms with Crippen molar-refractivity contribution in [1.82, 2.24) is 4.90 Å².